The summed E-state index contributed by atoms with van der Waals surface area (Å²) in [7, 11) is 1.61. The lowest BCUT2D eigenvalue weighted by molar-refractivity contribution is -0.181. The summed E-state index contributed by atoms with van der Waals surface area (Å²) < 4.78 is 45.2. The third-order valence-electron chi connectivity index (χ3n) is 15.1. The number of rotatable bonds is 12. The lowest BCUT2D eigenvalue weighted by Gasteiger charge is -2.48. The normalized spacial score (nSPS) is 20.5. The Bertz CT molecular complexity index is 3020. The summed E-state index contributed by atoms with van der Waals surface area (Å²) in [6.45, 7) is 14.4. The molecule has 3 amide bonds. The minimum absolute atomic E-state index is 0.000258. The van der Waals surface area contributed by atoms with Crippen molar-refractivity contribution in [1.29, 1.82) is 0 Å². The summed E-state index contributed by atoms with van der Waals surface area (Å²) in [6, 6.07) is 13.0. The van der Waals surface area contributed by atoms with Gasteiger partial charge in [-0.25, -0.2) is 9.97 Å². The maximum absolute atomic E-state index is 14.1. The Morgan fingerprint density at radius 1 is 0.944 bits per heavy atom. The summed E-state index contributed by atoms with van der Waals surface area (Å²) in [6.07, 6.45) is 6.86. The number of imide groups is 1. The molecule has 1 aliphatic carbocycles. The largest absolute Gasteiger partial charge is 0.399 e. The van der Waals surface area contributed by atoms with Crippen LogP contribution < -0.4 is 30.9 Å². The van der Waals surface area contributed by atoms with E-state index in [1.165, 1.54) is 28.1 Å². The number of aromatic nitrogens is 5. The Labute approximate surface area is 416 Å². The zero-order valence-corrected chi connectivity index (χ0v) is 41.8. The van der Waals surface area contributed by atoms with Gasteiger partial charge in [-0.05, 0) is 113 Å². The summed E-state index contributed by atoms with van der Waals surface area (Å²) >= 11 is 0. The quantitative estimate of drug-likeness (QED) is 0.0888. The van der Waals surface area contributed by atoms with Crippen molar-refractivity contribution < 1.29 is 32.7 Å². The molecule has 3 atom stereocenters. The van der Waals surface area contributed by atoms with Crippen LogP contribution in [0.25, 0.3) is 17.3 Å². The molecule has 0 spiro atoms. The van der Waals surface area contributed by atoms with Crippen LogP contribution in [0.3, 0.4) is 0 Å². The first-order valence-electron chi connectivity index (χ1n) is 24.5. The monoisotopic (exact) mass is 989 g/mol. The number of nitrogens with zero attached hydrogens (tertiary/aromatic N) is 9. The van der Waals surface area contributed by atoms with Gasteiger partial charge in [0, 0.05) is 129 Å². The molecule has 16 nitrogen and oxygen atoms in total. The molecule has 4 aromatic heterocycles. The van der Waals surface area contributed by atoms with E-state index in [-0.39, 0.29) is 41.0 Å². The molecule has 1 aromatic carbocycles. The van der Waals surface area contributed by atoms with Gasteiger partial charge >= 0.3 is 6.18 Å². The average molecular weight is 990 g/mol. The number of carbonyl (C=O) groups excluding carboxylic acids is 3. The highest BCUT2D eigenvalue weighted by atomic mass is 19.4. The smallest absolute Gasteiger partial charge is 0.392 e. The zero-order chi connectivity index (χ0) is 51.4. The van der Waals surface area contributed by atoms with Crippen LogP contribution in [0.2, 0.25) is 0 Å². The minimum atomic E-state index is -4.44. The van der Waals surface area contributed by atoms with E-state index in [0.717, 1.165) is 64.0 Å². The number of nitrogens with one attached hydrogen (secondary N) is 2. The van der Waals surface area contributed by atoms with Gasteiger partial charge in [-0.2, -0.15) is 13.2 Å². The van der Waals surface area contributed by atoms with Crippen molar-refractivity contribution in [3.63, 3.8) is 0 Å². The second-order valence-electron chi connectivity index (χ2n) is 21.0. The first-order chi connectivity index (χ1) is 34.2. The number of amides is 3. The van der Waals surface area contributed by atoms with Crippen LogP contribution in [0.15, 0.2) is 71.9 Å². The number of aliphatic hydroxyl groups excluding tert-OH is 1. The van der Waals surface area contributed by atoms with Crippen molar-refractivity contribution in [2.45, 2.75) is 110 Å². The van der Waals surface area contributed by atoms with E-state index >= 15 is 0 Å². The number of pyridine rings is 2. The van der Waals surface area contributed by atoms with Gasteiger partial charge in [0.25, 0.3) is 11.5 Å². The molecule has 5 aromatic rings. The molecule has 0 saturated carbocycles. The minimum Gasteiger partial charge on any atom is -0.392 e. The lowest BCUT2D eigenvalue weighted by Crippen LogP contribution is -2.58. The number of alkyl halides is 3. The lowest BCUT2D eigenvalue weighted by atomic mass is 9.87. The van der Waals surface area contributed by atoms with Crippen LogP contribution in [0.5, 0.6) is 0 Å². The molecule has 4 aliphatic rings. The number of piperidine rings is 1. The number of aliphatic hydroxyl groups is 1. The highest BCUT2D eigenvalue weighted by Crippen LogP contribution is 2.42. The van der Waals surface area contributed by atoms with Crippen LogP contribution in [-0.4, -0.2) is 109 Å². The summed E-state index contributed by atoms with van der Waals surface area (Å²) in [4.78, 5) is 73.5. The predicted octanol–water partition coefficient (Wildman–Crippen LogP) is 6.75. The molecular weight excluding hydrogens is 928 g/mol. The fourth-order valence-corrected chi connectivity index (χ4v) is 11.1. The van der Waals surface area contributed by atoms with Crippen LogP contribution >= 0.6 is 0 Å². The van der Waals surface area contributed by atoms with Crippen molar-refractivity contribution in [2.75, 3.05) is 52.7 Å². The number of anilines is 5. The maximum atomic E-state index is 14.1. The van der Waals surface area contributed by atoms with E-state index in [1.54, 1.807) is 48.6 Å². The molecule has 19 heteroatoms. The molecule has 9 rings (SSSR count). The fraction of sp³-hybridized carbons (Fsp3) is 0.453. The van der Waals surface area contributed by atoms with Crippen molar-refractivity contribution in [1.82, 2.24) is 34.3 Å². The van der Waals surface area contributed by atoms with Crippen molar-refractivity contribution in [3.8, 4) is 11.3 Å². The molecule has 0 bridgehead atoms. The fourth-order valence-electron chi connectivity index (χ4n) is 11.1. The third-order valence-corrected chi connectivity index (χ3v) is 15.1. The van der Waals surface area contributed by atoms with Gasteiger partial charge in [-0.1, -0.05) is 13.8 Å². The van der Waals surface area contributed by atoms with Crippen LogP contribution in [0.4, 0.5) is 41.9 Å². The SMILES string of the molecule is C[C@@H]1CC(N2CCN(c3ccc(Nc4nc(-c5ccnc(N6CCn7c(cc8c7CC(C)(C)C8)C6=O)c5CO)cn(C)c4=O)cc3C=CC(=O)NC=O)[C@@H](C)C2)CCN1c1ccnc(C(C)(C)C(F)(F)F)c1. The standard InChI is InChI=1S/C53H62F3N11O5/c1-32-22-37(14-17-64(32)38-12-15-57-45(25-38)52(5,6)53(54,55)56)63-18-19-65(33(2)28-63)42-10-9-36(23-34(42)8-11-46(70)59-31-69)60-47-50(72)62(7)29-41(61-47)39-13-16-58-48(40(39)30-68)67-21-20-66-43(49(67)71)24-35-26-51(3,4)27-44(35)66/h8-13,15-16,23-25,29,31-33,37,68H,14,17-22,26-28,30H2,1-7H3,(H,60,61)(H,59,69,70)/t32-,33+,37?/m1/s1. The van der Waals surface area contributed by atoms with E-state index < -0.39 is 29.7 Å². The molecular formula is C53H62F3N11O5. The van der Waals surface area contributed by atoms with Gasteiger partial charge in [0.15, 0.2) is 5.82 Å². The van der Waals surface area contributed by atoms with Gasteiger partial charge in [-0.3, -0.25) is 39.3 Å². The highest BCUT2D eigenvalue weighted by molar-refractivity contribution is 6.06. The average Bonchev–Trinajstić information content (AvgIpc) is 3.84. The topological polar surface area (TPSA) is 174 Å². The van der Waals surface area contributed by atoms with Gasteiger partial charge < -0.3 is 29.4 Å². The summed E-state index contributed by atoms with van der Waals surface area (Å²) in [5.41, 5.74) is 4.62. The number of aryl methyl sites for hydroxylation is 1. The molecule has 3 N–H and O–H groups in total. The van der Waals surface area contributed by atoms with E-state index in [9.17, 15) is 37.5 Å². The molecule has 0 radical (unpaired) electrons. The first-order valence-corrected chi connectivity index (χ1v) is 24.5. The predicted molar refractivity (Wildman–Crippen MR) is 270 cm³/mol. The number of hydrogen-bond acceptors (Lipinski definition) is 12. The Morgan fingerprint density at radius 2 is 1.72 bits per heavy atom. The van der Waals surface area contributed by atoms with E-state index in [0.29, 0.717) is 72.2 Å². The summed E-state index contributed by atoms with van der Waals surface area (Å²) in [5, 5.41) is 16.2. The number of carbonyl (C=O) groups is 3. The second-order valence-corrected chi connectivity index (χ2v) is 21.0. The van der Waals surface area contributed by atoms with Crippen molar-refractivity contribution in [2.24, 2.45) is 12.5 Å². The molecule has 1 unspecified atom stereocenters. The molecule has 2 saturated heterocycles. The van der Waals surface area contributed by atoms with Gasteiger partial charge in [0.05, 0.1) is 18.0 Å². The Hall–Kier alpha value is -6.86. The Morgan fingerprint density at radius 3 is 2.44 bits per heavy atom. The van der Waals surface area contributed by atoms with Crippen LogP contribution in [0, 0.1) is 5.41 Å². The number of hydrogen-bond donors (Lipinski definition) is 3. The highest BCUT2D eigenvalue weighted by Gasteiger charge is 2.50. The van der Waals surface area contributed by atoms with Gasteiger partial charge in [0.2, 0.25) is 12.3 Å². The van der Waals surface area contributed by atoms with Gasteiger partial charge in [-0.15, -0.1) is 0 Å². The third kappa shape index (κ3) is 9.51. The van der Waals surface area contributed by atoms with Crippen molar-refractivity contribution >= 4 is 53.0 Å². The van der Waals surface area contributed by atoms with Crippen LogP contribution in [0.1, 0.15) is 93.0 Å². The van der Waals surface area contributed by atoms with Crippen LogP contribution in [-0.2, 0) is 48.0 Å². The Balaban J connectivity index is 0.929. The van der Waals surface area contributed by atoms with Crippen molar-refractivity contribution in [3.05, 3.63) is 111 Å². The molecule has 380 valence electrons. The molecule has 7 heterocycles. The Kier molecular flexibility index (Phi) is 13.4. The zero-order valence-electron chi connectivity index (χ0n) is 41.8. The number of piperazine rings is 1. The maximum Gasteiger partial charge on any atom is 0.399 e. The van der Waals surface area contributed by atoms with E-state index in [2.05, 4.69) is 67.6 Å². The number of benzene rings is 1. The summed E-state index contributed by atoms with van der Waals surface area (Å²) in [5.74, 6) is -0.470. The molecule has 72 heavy (non-hydrogen) atoms. The molecule has 3 aliphatic heterocycles. The van der Waals surface area contributed by atoms with Gasteiger partial charge in [0.1, 0.15) is 16.9 Å². The number of fused-ring (bicyclic) bond motifs is 3. The van der Waals surface area contributed by atoms with E-state index in [4.69, 9.17) is 4.98 Å². The van der Waals surface area contributed by atoms with E-state index in [1.807, 2.05) is 24.3 Å². The molecule has 2 fully saturated rings. The number of halogens is 3. The first kappa shape index (κ1) is 50.1. The second kappa shape index (κ2) is 19.3.